The summed E-state index contributed by atoms with van der Waals surface area (Å²) in [6, 6.07) is 3.65. The zero-order valence-corrected chi connectivity index (χ0v) is 12.2. The van der Waals surface area contributed by atoms with Crippen LogP contribution >= 0.6 is 0 Å². The van der Waals surface area contributed by atoms with Crippen LogP contribution in [0.3, 0.4) is 0 Å². The summed E-state index contributed by atoms with van der Waals surface area (Å²) in [5.41, 5.74) is 0.128. The molecule has 0 aliphatic heterocycles. The second-order valence-corrected chi connectivity index (χ2v) is 5.04. The maximum absolute atomic E-state index is 11.1. The lowest BCUT2D eigenvalue weighted by molar-refractivity contribution is -0.384. The Morgan fingerprint density at radius 2 is 2.19 bits per heavy atom. The van der Waals surface area contributed by atoms with Crippen molar-refractivity contribution in [1.29, 1.82) is 0 Å². The predicted octanol–water partition coefficient (Wildman–Crippen LogP) is 2.77. The van der Waals surface area contributed by atoms with Crippen molar-refractivity contribution in [3.63, 3.8) is 0 Å². The van der Waals surface area contributed by atoms with Crippen LogP contribution in [0.4, 0.5) is 11.4 Å². The largest absolute Gasteiger partial charge is 0.478 e. The fourth-order valence-corrected chi connectivity index (χ4v) is 1.69. The van der Waals surface area contributed by atoms with Gasteiger partial charge in [-0.25, -0.2) is 4.79 Å². The minimum Gasteiger partial charge on any atom is -0.478 e. The number of carbonyl (C=O) groups is 1. The number of aromatic carboxylic acids is 1. The van der Waals surface area contributed by atoms with Gasteiger partial charge in [0.05, 0.1) is 16.2 Å². The molecule has 0 spiro atoms. The molecule has 1 aromatic carbocycles. The van der Waals surface area contributed by atoms with Gasteiger partial charge in [0.15, 0.2) is 0 Å². The number of nitro groups is 1. The van der Waals surface area contributed by atoms with Crippen molar-refractivity contribution in [3.05, 3.63) is 33.9 Å². The molecule has 0 atom stereocenters. The number of ether oxygens (including phenoxy) is 1. The minimum atomic E-state index is -1.12. The number of hydrogen-bond acceptors (Lipinski definition) is 5. The Morgan fingerprint density at radius 1 is 1.48 bits per heavy atom. The molecule has 2 N–H and O–H groups in total. The van der Waals surface area contributed by atoms with Gasteiger partial charge in [0.25, 0.3) is 5.69 Å². The number of carboxylic acids is 1. The van der Waals surface area contributed by atoms with Gasteiger partial charge in [-0.15, -0.1) is 0 Å². The van der Waals surface area contributed by atoms with Crippen molar-refractivity contribution in [2.75, 3.05) is 25.1 Å². The first-order valence-electron chi connectivity index (χ1n) is 6.75. The molecule has 0 aliphatic rings. The standard InChI is InChI=1S/C14H20N2O5/c1-10(2)9-21-7-3-6-15-13-8-11(16(19)20)4-5-12(13)14(17)18/h4-5,8,10,15H,3,6-7,9H2,1-2H3,(H,17,18). The van der Waals surface area contributed by atoms with Gasteiger partial charge in [-0.1, -0.05) is 13.8 Å². The first-order valence-corrected chi connectivity index (χ1v) is 6.75. The molecule has 116 valence electrons. The van der Waals surface area contributed by atoms with E-state index in [1.807, 2.05) is 0 Å². The second-order valence-electron chi connectivity index (χ2n) is 5.04. The molecule has 1 aromatic rings. The van der Waals surface area contributed by atoms with Gasteiger partial charge in [-0.05, 0) is 18.4 Å². The average molecular weight is 296 g/mol. The lowest BCUT2D eigenvalue weighted by Crippen LogP contribution is -2.11. The number of nitrogens with one attached hydrogen (secondary N) is 1. The van der Waals surface area contributed by atoms with E-state index in [2.05, 4.69) is 19.2 Å². The molecule has 1 rings (SSSR count). The Morgan fingerprint density at radius 3 is 2.76 bits per heavy atom. The summed E-state index contributed by atoms with van der Waals surface area (Å²) in [5.74, 6) is -0.656. The van der Waals surface area contributed by atoms with E-state index in [1.54, 1.807) is 0 Å². The molecular formula is C14H20N2O5. The van der Waals surface area contributed by atoms with Gasteiger partial charge < -0.3 is 15.2 Å². The number of carboxylic acid groups (broad SMARTS) is 1. The molecule has 0 unspecified atom stereocenters. The van der Waals surface area contributed by atoms with Crippen LogP contribution in [0.2, 0.25) is 0 Å². The third-order valence-electron chi connectivity index (χ3n) is 2.68. The Balaban J connectivity index is 2.57. The first kappa shape index (κ1) is 16.9. The van der Waals surface area contributed by atoms with E-state index < -0.39 is 10.9 Å². The van der Waals surface area contributed by atoms with Crippen LogP contribution in [0.5, 0.6) is 0 Å². The fraction of sp³-hybridized carbons (Fsp3) is 0.500. The van der Waals surface area contributed by atoms with Crippen LogP contribution in [-0.2, 0) is 4.74 Å². The van der Waals surface area contributed by atoms with Crippen LogP contribution in [-0.4, -0.2) is 35.8 Å². The quantitative estimate of drug-likeness (QED) is 0.413. The summed E-state index contributed by atoms with van der Waals surface area (Å²) in [4.78, 5) is 21.2. The Bertz CT molecular complexity index is 502. The maximum Gasteiger partial charge on any atom is 0.337 e. The first-order chi connectivity index (χ1) is 9.91. The van der Waals surface area contributed by atoms with E-state index in [-0.39, 0.29) is 16.9 Å². The van der Waals surface area contributed by atoms with E-state index in [0.717, 1.165) is 0 Å². The third kappa shape index (κ3) is 5.78. The summed E-state index contributed by atoms with van der Waals surface area (Å²) < 4.78 is 5.41. The number of rotatable bonds is 9. The van der Waals surface area contributed by atoms with Gasteiger partial charge in [0, 0.05) is 31.9 Å². The zero-order chi connectivity index (χ0) is 15.8. The average Bonchev–Trinajstić information content (AvgIpc) is 2.41. The van der Waals surface area contributed by atoms with Gasteiger partial charge in [0.1, 0.15) is 0 Å². The second kappa shape index (κ2) is 8.21. The van der Waals surface area contributed by atoms with Crippen LogP contribution < -0.4 is 5.32 Å². The van der Waals surface area contributed by atoms with E-state index in [4.69, 9.17) is 9.84 Å². The third-order valence-corrected chi connectivity index (χ3v) is 2.68. The van der Waals surface area contributed by atoms with E-state index in [1.165, 1.54) is 18.2 Å². The molecule has 0 bridgehead atoms. The number of nitro benzene ring substituents is 1. The van der Waals surface area contributed by atoms with Crippen LogP contribution in [0.25, 0.3) is 0 Å². The molecule has 0 saturated carbocycles. The Hall–Kier alpha value is -2.15. The molecule has 0 saturated heterocycles. The smallest absolute Gasteiger partial charge is 0.337 e. The maximum atomic E-state index is 11.1. The summed E-state index contributed by atoms with van der Waals surface area (Å²) in [6.07, 6.45) is 0.689. The van der Waals surface area contributed by atoms with Gasteiger partial charge in [-0.2, -0.15) is 0 Å². The molecule has 0 heterocycles. The molecule has 0 aliphatic carbocycles. The molecule has 7 heteroatoms. The topological polar surface area (TPSA) is 102 Å². The fourth-order valence-electron chi connectivity index (χ4n) is 1.69. The molecule has 0 amide bonds. The highest BCUT2D eigenvalue weighted by molar-refractivity contribution is 5.94. The normalized spacial score (nSPS) is 10.6. The van der Waals surface area contributed by atoms with Gasteiger partial charge in [0.2, 0.25) is 0 Å². The minimum absolute atomic E-state index is 0.0173. The number of hydrogen-bond donors (Lipinski definition) is 2. The van der Waals surface area contributed by atoms with E-state index in [9.17, 15) is 14.9 Å². The van der Waals surface area contributed by atoms with Crippen molar-refractivity contribution in [2.45, 2.75) is 20.3 Å². The number of anilines is 1. The van der Waals surface area contributed by atoms with Crippen molar-refractivity contribution in [2.24, 2.45) is 5.92 Å². The van der Waals surface area contributed by atoms with Crippen LogP contribution in [0, 0.1) is 16.0 Å². The predicted molar refractivity (Wildman–Crippen MR) is 78.8 cm³/mol. The number of nitrogens with zero attached hydrogens (tertiary/aromatic N) is 1. The monoisotopic (exact) mass is 296 g/mol. The molecule has 0 aromatic heterocycles. The van der Waals surface area contributed by atoms with Crippen molar-refractivity contribution < 1.29 is 19.6 Å². The van der Waals surface area contributed by atoms with Crippen molar-refractivity contribution in [3.8, 4) is 0 Å². The summed E-state index contributed by atoms with van der Waals surface area (Å²) >= 11 is 0. The summed E-state index contributed by atoms with van der Waals surface area (Å²) in [7, 11) is 0. The van der Waals surface area contributed by atoms with Crippen molar-refractivity contribution >= 4 is 17.3 Å². The molecule has 0 radical (unpaired) electrons. The summed E-state index contributed by atoms with van der Waals surface area (Å²) in [6.45, 7) is 5.83. The number of non-ortho nitro benzene ring substituents is 1. The molecule has 21 heavy (non-hydrogen) atoms. The summed E-state index contributed by atoms with van der Waals surface area (Å²) in [5, 5.41) is 22.7. The van der Waals surface area contributed by atoms with Gasteiger partial charge >= 0.3 is 5.97 Å². The lowest BCUT2D eigenvalue weighted by Gasteiger charge is -2.10. The Kier molecular flexibility index (Phi) is 6.61. The molecule has 0 fully saturated rings. The van der Waals surface area contributed by atoms with Crippen LogP contribution in [0.1, 0.15) is 30.6 Å². The van der Waals surface area contributed by atoms with Gasteiger partial charge in [-0.3, -0.25) is 10.1 Å². The highest BCUT2D eigenvalue weighted by Crippen LogP contribution is 2.22. The van der Waals surface area contributed by atoms with E-state index >= 15 is 0 Å². The zero-order valence-electron chi connectivity index (χ0n) is 12.2. The SMILES string of the molecule is CC(C)COCCCNc1cc([N+](=O)[O-])ccc1C(=O)O. The molecular weight excluding hydrogens is 276 g/mol. The van der Waals surface area contributed by atoms with Crippen LogP contribution in [0.15, 0.2) is 18.2 Å². The van der Waals surface area contributed by atoms with E-state index in [0.29, 0.717) is 32.1 Å². The highest BCUT2D eigenvalue weighted by atomic mass is 16.6. The lowest BCUT2D eigenvalue weighted by atomic mass is 10.1. The highest BCUT2D eigenvalue weighted by Gasteiger charge is 2.14. The Labute approximate surface area is 123 Å². The number of benzene rings is 1. The molecule has 7 nitrogen and oxygen atoms in total. The van der Waals surface area contributed by atoms with Crippen molar-refractivity contribution in [1.82, 2.24) is 0 Å².